The molecule has 1 aromatic rings. The zero-order valence-corrected chi connectivity index (χ0v) is 16.5. The van der Waals surface area contributed by atoms with Crippen molar-refractivity contribution < 1.29 is 9.32 Å². The monoisotopic (exact) mass is 350 g/mol. The highest BCUT2D eigenvalue weighted by molar-refractivity contribution is 5.78. The number of aryl methyl sites for hydroxylation is 1. The van der Waals surface area contributed by atoms with Crippen molar-refractivity contribution >= 4 is 5.91 Å². The summed E-state index contributed by atoms with van der Waals surface area (Å²) in [5.74, 6) is 2.37. The Labute approximate surface area is 151 Å². The van der Waals surface area contributed by atoms with Crippen molar-refractivity contribution in [3.05, 3.63) is 11.7 Å². The van der Waals surface area contributed by atoms with Crippen molar-refractivity contribution in [3.8, 4) is 0 Å². The molecule has 142 valence electrons. The molecule has 1 aliphatic rings. The molecule has 0 bridgehead atoms. The van der Waals surface area contributed by atoms with Gasteiger partial charge in [-0.05, 0) is 24.7 Å². The van der Waals surface area contributed by atoms with E-state index < -0.39 is 0 Å². The zero-order chi connectivity index (χ0) is 18.4. The van der Waals surface area contributed by atoms with Crippen molar-refractivity contribution in [2.45, 2.75) is 72.3 Å². The summed E-state index contributed by atoms with van der Waals surface area (Å²) in [5.41, 5.74) is -0.326. The third-order valence-electron chi connectivity index (χ3n) is 4.76. The quantitative estimate of drug-likeness (QED) is 0.779. The second kappa shape index (κ2) is 8.79. The minimum Gasteiger partial charge on any atom is -0.341 e. The Hall–Kier alpha value is -1.43. The van der Waals surface area contributed by atoms with Gasteiger partial charge in [-0.25, -0.2) is 0 Å². The number of amides is 1. The van der Waals surface area contributed by atoms with Crippen molar-refractivity contribution in [1.29, 1.82) is 0 Å². The zero-order valence-electron chi connectivity index (χ0n) is 16.5. The summed E-state index contributed by atoms with van der Waals surface area (Å²) in [6.45, 7) is 12.3. The van der Waals surface area contributed by atoms with E-state index in [0.717, 1.165) is 38.8 Å². The smallest absolute Gasteiger partial charge is 0.236 e. The average Bonchev–Trinajstić information content (AvgIpc) is 2.99. The number of nitrogens with zero attached hydrogens (tertiary/aromatic N) is 3. The topological polar surface area (TPSA) is 71.3 Å². The maximum absolute atomic E-state index is 12.8. The highest BCUT2D eigenvalue weighted by Crippen LogP contribution is 2.35. The Kier molecular flexibility index (Phi) is 6.99. The van der Waals surface area contributed by atoms with Crippen LogP contribution < -0.4 is 5.32 Å². The van der Waals surface area contributed by atoms with Crippen LogP contribution >= 0.6 is 0 Å². The van der Waals surface area contributed by atoms with Crippen LogP contribution in [0.5, 0.6) is 0 Å². The summed E-state index contributed by atoms with van der Waals surface area (Å²) in [4.78, 5) is 19.3. The number of carbonyl (C=O) groups excluding carboxylic acids is 1. The van der Waals surface area contributed by atoms with Crippen LogP contribution in [-0.2, 0) is 10.3 Å². The van der Waals surface area contributed by atoms with E-state index in [0.29, 0.717) is 30.1 Å². The van der Waals surface area contributed by atoms with E-state index in [9.17, 15) is 4.79 Å². The van der Waals surface area contributed by atoms with E-state index in [1.807, 2.05) is 11.8 Å². The number of nitrogens with one attached hydrogen (secondary N) is 1. The fourth-order valence-electron chi connectivity index (χ4n) is 3.64. The van der Waals surface area contributed by atoms with Gasteiger partial charge in [0.05, 0.1) is 12.1 Å². The van der Waals surface area contributed by atoms with E-state index in [4.69, 9.17) is 4.52 Å². The third-order valence-corrected chi connectivity index (χ3v) is 4.76. The van der Waals surface area contributed by atoms with Crippen LogP contribution in [0.25, 0.3) is 0 Å². The molecule has 0 aromatic carbocycles. The number of aromatic nitrogens is 2. The molecule has 1 saturated carbocycles. The predicted molar refractivity (Wildman–Crippen MR) is 98.1 cm³/mol. The van der Waals surface area contributed by atoms with E-state index in [-0.39, 0.29) is 11.4 Å². The fourth-order valence-corrected chi connectivity index (χ4v) is 3.64. The molecule has 0 spiro atoms. The Morgan fingerprint density at radius 1 is 1.16 bits per heavy atom. The van der Waals surface area contributed by atoms with Gasteiger partial charge in [-0.3, -0.25) is 10.1 Å². The molecule has 1 amide bonds. The van der Waals surface area contributed by atoms with Gasteiger partial charge >= 0.3 is 0 Å². The van der Waals surface area contributed by atoms with Crippen molar-refractivity contribution in [2.24, 2.45) is 11.8 Å². The van der Waals surface area contributed by atoms with E-state index in [1.165, 1.54) is 6.42 Å². The molecular formula is C19H34N4O2. The number of carbonyl (C=O) groups is 1. The maximum Gasteiger partial charge on any atom is 0.236 e. The van der Waals surface area contributed by atoms with Gasteiger partial charge in [0, 0.05) is 20.0 Å². The van der Waals surface area contributed by atoms with Gasteiger partial charge in [-0.15, -0.1) is 0 Å². The van der Waals surface area contributed by atoms with E-state index in [2.05, 4.69) is 43.2 Å². The third kappa shape index (κ3) is 5.53. The SMILES string of the molecule is Cc1nc(C2(NCC(=O)N(CC(C)C)CC(C)C)CCCCC2)no1. The summed E-state index contributed by atoms with van der Waals surface area (Å²) >= 11 is 0. The van der Waals surface area contributed by atoms with Crippen LogP contribution in [0.1, 0.15) is 71.5 Å². The Balaban J connectivity index is 2.07. The largest absolute Gasteiger partial charge is 0.341 e. The molecule has 1 aromatic heterocycles. The van der Waals surface area contributed by atoms with Gasteiger partial charge in [-0.2, -0.15) is 4.98 Å². The summed E-state index contributed by atoms with van der Waals surface area (Å²) < 4.78 is 5.21. The molecule has 0 saturated heterocycles. The fraction of sp³-hybridized carbons (Fsp3) is 0.842. The molecule has 6 nitrogen and oxygen atoms in total. The molecule has 0 atom stereocenters. The van der Waals surface area contributed by atoms with Crippen LogP contribution in [0.4, 0.5) is 0 Å². The first-order chi connectivity index (χ1) is 11.8. The lowest BCUT2D eigenvalue weighted by Gasteiger charge is -2.36. The minimum absolute atomic E-state index is 0.160. The average molecular weight is 351 g/mol. The van der Waals surface area contributed by atoms with E-state index in [1.54, 1.807) is 0 Å². The van der Waals surface area contributed by atoms with Crippen LogP contribution in [0.2, 0.25) is 0 Å². The summed E-state index contributed by atoms with van der Waals surface area (Å²) in [5, 5.41) is 7.67. The second-order valence-corrected chi connectivity index (χ2v) is 8.22. The van der Waals surface area contributed by atoms with Gasteiger partial charge in [0.15, 0.2) is 5.82 Å². The van der Waals surface area contributed by atoms with Crippen molar-refractivity contribution in [3.63, 3.8) is 0 Å². The number of hydrogen-bond acceptors (Lipinski definition) is 5. The van der Waals surface area contributed by atoms with Gasteiger partial charge in [0.2, 0.25) is 11.8 Å². The van der Waals surface area contributed by atoms with E-state index >= 15 is 0 Å². The Bertz CT molecular complexity index is 537. The number of hydrogen-bond donors (Lipinski definition) is 1. The molecule has 1 fully saturated rings. The molecule has 0 aliphatic heterocycles. The lowest BCUT2D eigenvalue weighted by molar-refractivity contribution is -0.131. The van der Waals surface area contributed by atoms with Crippen LogP contribution in [0, 0.1) is 18.8 Å². The molecule has 6 heteroatoms. The molecule has 25 heavy (non-hydrogen) atoms. The lowest BCUT2D eigenvalue weighted by atomic mass is 9.81. The van der Waals surface area contributed by atoms with Gasteiger partial charge in [-0.1, -0.05) is 52.1 Å². The Morgan fingerprint density at radius 2 is 1.76 bits per heavy atom. The minimum atomic E-state index is -0.326. The molecule has 1 heterocycles. The standard InChI is InChI=1S/C19H34N4O2/c1-14(2)12-23(13-15(3)4)17(24)11-20-19(9-7-6-8-10-19)18-21-16(5)25-22-18/h14-15,20H,6-13H2,1-5H3. The summed E-state index contributed by atoms with van der Waals surface area (Å²) in [7, 11) is 0. The molecular weight excluding hydrogens is 316 g/mol. The van der Waals surface area contributed by atoms with Crippen molar-refractivity contribution in [1.82, 2.24) is 20.4 Å². The second-order valence-electron chi connectivity index (χ2n) is 8.22. The van der Waals surface area contributed by atoms with Crippen LogP contribution in [-0.4, -0.2) is 40.6 Å². The highest BCUT2D eigenvalue weighted by Gasteiger charge is 2.38. The van der Waals surface area contributed by atoms with Crippen LogP contribution in [0.15, 0.2) is 4.52 Å². The molecule has 0 unspecified atom stereocenters. The molecule has 0 radical (unpaired) electrons. The predicted octanol–water partition coefficient (Wildman–Crippen LogP) is 3.27. The van der Waals surface area contributed by atoms with Gasteiger partial charge < -0.3 is 9.42 Å². The highest BCUT2D eigenvalue weighted by atomic mass is 16.5. The summed E-state index contributed by atoms with van der Waals surface area (Å²) in [6.07, 6.45) is 5.37. The van der Waals surface area contributed by atoms with Gasteiger partial charge in [0.25, 0.3) is 0 Å². The number of rotatable bonds is 8. The van der Waals surface area contributed by atoms with Gasteiger partial charge in [0.1, 0.15) is 0 Å². The first-order valence-corrected chi connectivity index (χ1v) is 9.66. The first-order valence-electron chi connectivity index (χ1n) is 9.66. The van der Waals surface area contributed by atoms with Crippen LogP contribution in [0.3, 0.4) is 0 Å². The first kappa shape index (κ1) is 19.9. The maximum atomic E-state index is 12.8. The van der Waals surface area contributed by atoms with Crippen molar-refractivity contribution in [2.75, 3.05) is 19.6 Å². The molecule has 1 N–H and O–H groups in total. The molecule has 2 rings (SSSR count). The lowest BCUT2D eigenvalue weighted by Crippen LogP contribution is -2.50. The summed E-state index contributed by atoms with van der Waals surface area (Å²) in [6, 6.07) is 0. The Morgan fingerprint density at radius 3 is 2.24 bits per heavy atom. The molecule has 1 aliphatic carbocycles. The normalized spacial score (nSPS) is 17.2.